The van der Waals surface area contributed by atoms with Crippen LogP contribution in [-0.4, -0.2) is 35.8 Å². The number of nitrogens with one attached hydrogen (secondary N) is 2. The molecule has 26 heavy (non-hydrogen) atoms. The maximum absolute atomic E-state index is 13.9. The Morgan fingerprint density at radius 2 is 1.81 bits per heavy atom. The van der Waals surface area contributed by atoms with Gasteiger partial charge in [-0.1, -0.05) is 36.4 Å². The Morgan fingerprint density at radius 3 is 2.58 bits per heavy atom. The lowest BCUT2D eigenvalue weighted by Gasteiger charge is -2.23. The molecule has 1 aliphatic rings. The molecular formula is C20H22FN3O2. The lowest BCUT2D eigenvalue weighted by Crippen LogP contribution is -2.45. The zero-order valence-corrected chi connectivity index (χ0v) is 14.5. The lowest BCUT2D eigenvalue weighted by atomic mass is 10.1. The van der Waals surface area contributed by atoms with Crippen molar-refractivity contribution < 1.29 is 14.0 Å². The van der Waals surface area contributed by atoms with Crippen molar-refractivity contribution in [2.45, 2.75) is 25.4 Å². The second-order valence-electron chi connectivity index (χ2n) is 6.35. The smallest absolute Gasteiger partial charge is 0.243 e. The molecule has 1 saturated heterocycles. The van der Waals surface area contributed by atoms with Gasteiger partial charge >= 0.3 is 0 Å². The van der Waals surface area contributed by atoms with Gasteiger partial charge in [0.15, 0.2) is 0 Å². The quantitative estimate of drug-likeness (QED) is 0.837. The maximum Gasteiger partial charge on any atom is 0.243 e. The highest BCUT2D eigenvalue weighted by Crippen LogP contribution is 2.21. The molecule has 1 aliphatic heterocycles. The standard InChI is InChI=1S/C20H22FN3O2/c21-17-10-5-4-7-15(17)14-24-12-6-11-18(24)20(26)22-13-19(25)23-16-8-2-1-3-9-16/h1-5,7-10,18H,6,11-14H2,(H,22,26)(H,23,25). The minimum absolute atomic E-state index is 0.0855. The number of carbonyl (C=O) groups is 2. The van der Waals surface area contributed by atoms with Crippen LogP contribution in [-0.2, 0) is 16.1 Å². The monoisotopic (exact) mass is 355 g/mol. The predicted molar refractivity (Wildman–Crippen MR) is 97.9 cm³/mol. The zero-order valence-electron chi connectivity index (χ0n) is 14.5. The average Bonchev–Trinajstić information content (AvgIpc) is 3.11. The first-order valence-electron chi connectivity index (χ1n) is 8.73. The minimum Gasteiger partial charge on any atom is -0.346 e. The number of para-hydroxylation sites is 1. The normalized spacial score (nSPS) is 17.0. The molecule has 1 unspecified atom stereocenters. The van der Waals surface area contributed by atoms with Crippen molar-refractivity contribution in [2.75, 3.05) is 18.4 Å². The van der Waals surface area contributed by atoms with Crippen molar-refractivity contribution in [2.24, 2.45) is 0 Å². The van der Waals surface area contributed by atoms with Crippen molar-refractivity contribution in [1.82, 2.24) is 10.2 Å². The number of benzene rings is 2. The minimum atomic E-state index is -0.334. The van der Waals surface area contributed by atoms with Crippen molar-refractivity contribution in [1.29, 1.82) is 0 Å². The fraction of sp³-hybridized carbons (Fsp3) is 0.300. The summed E-state index contributed by atoms with van der Waals surface area (Å²) in [7, 11) is 0. The highest BCUT2D eigenvalue weighted by atomic mass is 19.1. The number of amides is 2. The zero-order chi connectivity index (χ0) is 18.4. The second-order valence-corrected chi connectivity index (χ2v) is 6.35. The topological polar surface area (TPSA) is 61.4 Å². The number of anilines is 1. The molecule has 2 aromatic carbocycles. The summed E-state index contributed by atoms with van der Waals surface area (Å²) in [6.45, 7) is 1.04. The summed E-state index contributed by atoms with van der Waals surface area (Å²) in [4.78, 5) is 26.4. The summed E-state index contributed by atoms with van der Waals surface area (Å²) in [6.07, 6.45) is 1.59. The summed E-state index contributed by atoms with van der Waals surface area (Å²) in [5, 5.41) is 5.42. The molecule has 6 heteroatoms. The summed E-state index contributed by atoms with van der Waals surface area (Å²) < 4.78 is 13.9. The first-order valence-corrected chi connectivity index (χ1v) is 8.73. The Morgan fingerprint density at radius 1 is 1.08 bits per heavy atom. The van der Waals surface area contributed by atoms with E-state index < -0.39 is 0 Å². The van der Waals surface area contributed by atoms with E-state index in [-0.39, 0.29) is 30.2 Å². The Balaban J connectivity index is 1.52. The van der Waals surface area contributed by atoms with E-state index >= 15 is 0 Å². The molecule has 5 nitrogen and oxygen atoms in total. The Labute approximate surface area is 152 Å². The molecular weight excluding hydrogens is 333 g/mol. The van der Waals surface area contributed by atoms with Gasteiger partial charge in [0.25, 0.3) is 0 Å². The molecule has 2 aromatic rings. The fourth-order valence-corrected chi connectivity index (χ4v) is 3.17. The Kier molecular flexibility index (Phi) is 5.96. The molecule has 3 rings (SSSR count). The van der Waals surface area contributed by atoms with E-state index in [0.29, 0.717) is 24.2 Å². The van der Waals surface area contributed by atoms with Gasteiger partial charge < -0.3 is 10.6 Å². The molecule has 2 N–H and O–H groups in total. The second kappa shape index (κ2) is 8.58. The van der Waals surface area contributed by atoms with Gasteiger partial charge in [-0.2, -0.15) is 0 Å². The number of nitrogens with zero attached hydrogens (tertiary/aromatic N) is 1. The molecule has 2 amide bonds. The van der Waals surface area contributed by atoms with E-state index in [2.05, 4.69) is 10.6 Å². The number of likely N-dealkylation sites (tertiary alicyclic amines) is 1. The maximum atomic E-state index is 13.9. The van der Waals surface area contributed by atoms with Crippen molar-refractivity contribution in [3.63, 3.8) is 0 Å². The van der Waals surface area contributed by atoms with Crippen molar-refractivity contribution >= 4 is 17.5 Å². The largest absolute Gasteiger partial charge is 0.346 e. The van der Waals surface area contributed by atoms with Crippen LogP contribution in [0.4, 0.5) is 10.1 Å². The molecule has 0 aliphatic carbocycles. The van der Waals surface area contributed by atoms with Gasteiger partial charge in [-0.25, -0.2) is 4.39 Å². The number of hydrogen-bond acceptors (Lipinski definition) is 3. The molecule has 1 fully saturated rings. The van der Waals surface area contributed by atoms with Gasteiger partial charge in [0.1, 0.15) is 5.82 Å². The summed E-state index contributed by atoms with van der Waals surface area (Å²) in [5.41, 5.74) is 1.27. The molecule has 0 bridgehead atoms. The van der Waals surface area contributed by atoms with Crippen LogP contribution in [0.3, 0.4) is 0 Å². The van der Waals surface area contributed by atoms with Crippen LogP contribution in [0.2, 0.25) is 0 Å². The van der Waals surface area contributed by atoms with Gasteiger partial charge in [0.05, 0.1) is 12.6 Å². The van der Waals surface area contributed by atoms with E-state index in [1.807, 2.05) is 23.1 Å². The van der Waals surface area contributed by atoms with Crippen molar-refractivity contribution in [3.05, 3.63) is 66.0 Å². The number of halogens is 1. The van der Waals surface area contributed by atoms with Crippen LogP contribution in [0.1, 0.15) is 18.4 Å². The van der Waals surface area contributed by atoms with Crippen molar-refractivity contribution in [3.8, 4) is 0 Å². The van der Waals surface area contributed by atoms with Gasteiger partial charge in [-0.15, -0.1) is 0 Å². The third-order valence-electron chi connectivity index (χ3n) is 4.48. The first kappa shape index (κ1) is 18.1. The number of carbonyl (C=O) groups excluding carboxylic acids is 2. The average molecular weight is 355 g/mol. The van der Waals surface area contributed by atoms with Gasteiger partial charge in [0, 0.05) is 17.8 Å². The highest BCUT2D eigenvalue weighted by Gasteiger charge is 2.31. The van der Waals surface area contributed by atoms with Gasteiger partial charge in [-0.3, -0.25) is 14.5 Å². The van der Waals surface area contributed by atoms with E-state index in [1.165, 1.54) is 6.07 Å². The molecule has 0 aromatic heterocycles. The Bertz CT molecular complexity index is 767. The van der Waals surface area contributed by atoms with Crippen LogP contribution >= 0.6 is 0 Å². The third kappa shape index (κ3) is 4.67. The first-order chi connectivity index (χ1) is 12.6. The highest BCUT2D eigenvalue weighted by molar-refractivity contribution is 5.95. The van der Waals surface area contributed by atoms with E-state index in [9.17, 15) is 14.0 Å². The fourth-order valence-electron chi connectivity index (χ4n) is 3.17. The van der Waals surface area contributed by atoms with Crippen LogP contribution in [0, 0.1) is 5.82 Å². The lowest BCUT2D eigenvalue weighted by molar-refractivity contribution is -0.127. The molecule has 136 valence electrons. The SMILES string of the molecule is O=C(CNC(=O)C1CCCN1Cc1ccccc1F)Nc1ccccc1. The number of hydrogen-bond donors (Lipinski definition) is 2. The van der Waals surface area contributed by atoms with Gasteiger partial charge in [0.2, 0.25) is 11.8 Å². The predicted octanol–water partition coefficient (Wildman–Crippen LogP) is 2.54. The molecule has 1 heterocycles. The summed E-state index contributed by atoms with van der Waals surface area (Å²) >= 11 is 0. The van der Waals surface area contributed by atoms with E-state index in [0.717, 1.165) is 13.0 Å². The molecule has 1 atom stereocenters. The summed E-state index contributed by atoms with van der Waals surface area (Å²) in [6, 6.07) is 15.3. The van der Waals surface area contributed by atoms with Crippen LogP contribution < -0.4 is 10.6 Å². The third-order valence-corrected chi connectivity index (χ3v) is 4.48. The van der Waals surface area contributed by atoms with Crippen LogP contribution in [0.5, 0.6) is 0 Å². The van der Waals surface area contributed by atoms with E-state index in [1.54, 1.807) is 30.3 Å². The van der Waals surface area contributed by atoms with Crippen LogP contribution in [0.15, 0.2) is 54.6 Å². The molecule has 0 radical (unpaired) electrons. The van der Waals surface area contributed by atoms with Gasteiger partial charge in [-0.05, 0) is 37.6 Å². The number of rotatable bonds is 6. The molecule has 0 saturated carbocycles. The summed E-state index contributed by atoms with van der Waals surface area (Å²) in [5.74, 6) is -0.731. The van der Waals surface area contributed by atoms with Crippen LogP contribution in [0.25, 0.3) is 0 Å². The Hall–Kier alpha value is -2.73. The molecule has 0 spiro atoms. The van der Waals surface area contributed by atoms with E-state index in [4.69, 9.17) is 0 Å².